The molecule has 0 spiro atoms. The Balaban J connectivity index is 4.12. The monoisotopic (exact) mass is 265 g/mol. The van der Waals surface area contributed by atoms with Gasteiger partial charge in [0.2, 0.25) is 0 Å². The van der Waals surface area contributed by atoms with E-state index in [1.54, 1.807) is 11.8 Å². The molecular formula is C11H23NO4S. The molecule has 0 amide bonds. The van der Waals surface area contributed by atoms with E-state index in [0.717, 1.165) is 0 Å². The van der Waals surface area contributed by atoms with Crippen LogP contribution < -0.4 is 0 Å². The maximum absolute atomic E-state index is 11.3. The van der Waals surface area contributed by atoms with Crippen LogP contribution >= 0.6 is 0 Å². The zero-order valence-electron chi connectivity index (χ0n) is 10.8. The van der Waals surface area contributed by atoms with Gasteiger partial charge in [-0.05, 0) is 18.9 Å². The molecule has 0 atom stereocenters. The summed E-state index contributed by atoms with van der Waals surface area (Å²) >= 11 is 0. The highest BCUT2D eigenvalue weighted by molar-refractivity contribution is 7.91. The Kier molecular flexibility index (Phi) is 7.38. The van der Waals surface area contributed by atoms with E-state index in [2.05, 4.69) is 0 Å². The standard InChI is InChI=1S/C11H23NO4S/c1-4-17(15,16)7-5-6-12(8-10(2)3)9-11(13)14/h10H,4-9H2,1-3H3,(H,13,14). The molecule has 0 saturated heterocycles. The number of carboxylic acids is 1. The molecular weight excluding hydrogens is 242 g/mol. The zero-order chi connectivity index (χ0) is 13.5. The van der Waals surface area contributed by atoms with Crippen LogP contribution in [0.3, 0.4) is 0 Å². The molecule has 1 N–H and O–H groups in total. The summed E-state index contributed by atoms with van der Waals surface area (Å²) in [6, 6.07) is 0. The lowest BCUT2D eigenvalue weighted by Gasteiger charge is -2.22. The summed E-state index contributed by atoms with van der Waals surface area (Å²) < 4.78 is 22.6. The van der Waals surface area contributed by atoms with Crippen molar-refractivity contribution in [2.24, 2.45) is 5.92 Å². The fourth-order valence-electron chi connectivity index (χ4n) is 1.59. The van der Waals surface area contributed by atoms with Crippen LogP contribution in [0, 0.1) is 5.92 Å². The van der Waals surface area contributed by atoms with Gasteiger partial charge in [0.05, 0.1) is 12.3 Å². The third-order valence-corrected chi connectivity index (χ3v) is 4.14. The van der Waals surface area contributed by atoms with Gasteiger partial charge < -0.3 is 5.11 Å². The fraction of sp³-hybridized carbons (Fsp3) is 0.909. The number of carbonyl (C=O) groups is 1. The Labute approximate surface area is 104 Å². The van der Waals surface area contributed by atoms with Crippen LogP contribution in [0.1, 0.15) is 27.2 Å². The Morgan fingerprint density at radius 2 is 1.94 bits per heavy atom. The van der Waals surface area contributed by atoms with Crippen LogP contribution in [0.25, 0.3) is 0 Å². The maximum Gasteiger partial charge on any atom is 0.317 e. The molecule has 0 heterocycles. The van der Waals surface area contributed by atoms with Crippen LogP contribution in [-0.4, -0.2) is 55.5 Å². The van der Waals surface area contributed by atoms with Crippen LogP contribution in [0.2, 0.25) is 0 Å². The van der Waals surface area contributed by atoms with Gasteiger partial charge in [0.1, 0.15) is 9.84 Å². The second-order valence-corrected chi connectivity index (χ2v) is 7.09. The molecule has 0 aromatic carbocycles. The average molecular weight is 265 g/mol. The van der Waals surface area contributed by atoms with E-state index in [4.69, 9.17) is 5.11 Å². The van der Waals surface area contributed by atoms with Gasteiger partial charge >= 0.3 is 5.97 Å². The van der Waals surface area contributed by atoms with Gasteiger partial charge in [-0.2, -0.15) is 0 Å². The zero-order valence-corrected chi connectivity index (χ0v) is 11.7. The van der Waals surface area contributed by atoms with Crippen LogP contribution in [-0.2, 0) is 14.6 Å². The van der Waals surface area contributed by atoms with Crippen molar-refractivity contribution in [2.75, 3.05) is 31.1 Å². The summed E-state index contributed by atoms with van der Waals surface area (Å²) in [6.07, 6.45) is 0.496. The summed E-state index contributed by atoms with van der Waals surface area (Å²) in [5.41, 5.74) is 0. The summed E-state index contributed by atoms with van der Waals surface area (Å²) in [4.78, 5) is 12.4. The number of hydrogen-bond donors (Lipinski definition) is 1. The third kappa shape index (κ3) is 9.12. The van der Waals surface area contributed by atoms with Crippen molar-refractivity contribution in [1.29, 1.82) is 0 Å². The van der Waals surface area contributed by atoms with E-state index in [1.165, 1.54) is 0 Å². The summed E-state index contributed by atoms with van der Waals surface area (Å²) in [7, 11) is -2.95. The number of sulfone groups is 1. The Morgan fingerprint density at radius 3 is 2.35 bits per heavy atom. The molecule has 0 bridgehead atoms. The highest BCUT2D eigenvalue weighted by Crippen LogP contribution is 2.02. The number of carboxylic acid groups (broad SMARTS) is 1. The molecule has 0 rings (SSSR count). The van der Waals surface area contributed by atoms with Crippen molar-refractivity contribution < 1.29 is 18.3 Å². The van der Waals surface area contributed by atoms with Gasteiger partial charge in [0.15, 0.2) is 0 Å². The van der Waals surface area contributed by atoms with Gasteiger partial charge in [0, 0.05) is 12.3 Å². The molecule has 0 aliphatic rings. The molecule has 6 heteroatoms. The molecule has 0 unspecified atom stereocenters. The first-order chi connectivity index (χ1) is 7.76. The van der Waals surface area contributed by atoms with Gasteiger partial charge in [-0.15, -0.1) is 0 Å². The molecule has 0 aliphatic heterocycles. The lowest BCUT2D eigenvalue weighted by molar-refractivity contribution is -0.138. The Hall–Kier alpha value is -0.620. The minimum atomic E-state index is -2.95. The van der Waals surface area contributed by atoms with Gasteiger partial charge in [0.25, 0.3) is 0 Å². The summed E-state index contributed by atoms with van der Waals surface area (Å²) in [5, 5.41) is 8.74. The summed E-state index contributed by atoms with van der Waals surface area (Å²) in [5.74, 6) is -0.213. The van der Waals surface area contributed by atoms with E-state index < -0.39 is 15.8 Å². The Morgan fingerprint density at radius 1 is 1.35 bits per heavy atom. The number of hydrogen-bond acceptors (Lipinski definition) is 4. The molecule has 0 radical (unpaired) electrons. The van der Waals surface area contributed by atoms with E-state index in [-0.39, 0.29) is 18.1 Å². The lowest BCUT2D eigenvalue weighted by atomic mass is 10.2. The fourth-order valence-corrected chi connectivity index (χ4v) is 2.45. The minimum absolute atomic E-state index is 0.0235. The molecule has 102 valence electrons. The molecule has 0 aromatic rings. The van der Waals surface area contributed by atoms with Gasteiger partial charge in [-0.1, -0.05) is 20.8 Å². The van der Waals surface area contributed by atoms with Gasteiger partial charge in [-0.3, -0.25) is 9.69 Å². The third-order valence-electron chi connectivity index (χ3n) is 2.35. The molecule has 0 aliphatic carbocycles. The van der Waals surface area contributed by atoms with Crippen LogP contribution in [0.5, 0.6) is 0 Å². The first-order valence-electron chi connectivity index (χ1n) is 5.91. The van der Waals surface area contributed by atoms with Crippen molar-refractivity contribution in [3.05, 3.63) is 0 Å². The predicted octanol–water partition coefficient (Wildman–Crippen LogP) is 0.854. The van der Waals surface area contributed by atoms with Crippen molar-refractivity contribution in [1.82, 2.24) is 4.90 Å². The normalized spacial score (nSPS) is 12.3. The Bertz CT molecular complexity index is 324. The molecule has 17 heavy (non-hydrogen) atoms. The predicted molar refractivity (Wildman–Crippen MR) is 67.9 cm³/mol. The van der Waals surface area contributed by atoms with Crippen molar-refractivity contribution in [3.63, 3.8) is 0 Å². The topological polar surface area (TPSA) is 74.7 Å². The SMILES string of the molecule is CCS(=O)(=O)CCCN(CC(=O)O)CC(C)C. The number of nitrogens with zero attached hydrogens (tertiary/aromatic N) is 1. The average Bonchev–Trinajstić information content (AvgIpc) is 2.15. The second-order valence-electron chi connectivity index (χ2n) is 4.61. The highest BCUT2D eigenvalue weighted by atomic mass is 32.2. The second kappa shape index (κ2) is 7.66. The first kappa shape index (κ1) is 16.4. The van der Waals surface area contributed by atoms with Crippen molar-refractivity contribution in [3.8, 4) is 0 Å². The molecule has 0 fully saturated rings. The van der Waals surface area contributed by atoms with Crippen LogP contribution in [0.15, 0.2) is 0 Å². The van der Waals surface area contributed by atoms with E-state index in [1.807, 2.05) is 13.8 Å². The maximum atomic E-state index is 11.3. The quantitative estimate of drug-likeness (QED) is 0.669. The largest absolute Gasteiger partial charge is 0.480 e. The van der Waals surface area contributed by atoms with Gasteiger partial charge in [-0.25, -0.2) is 8.42 Å². The van der Waals surface area contributed by atoms with Crippen molar-refractivity contribution >= 4 is 15.8 Å². The minimum Gasteiger partial charge on any atom is -0.480 e. The van der Waals surface area contributed by atoms with Crippen molar-refractivity contribution in [2.45, 2.75) is 27.2 Å². The molecule has 0 saturated carbocycles. The molecule has 5 nitrogen and oxygen atoms in total. The lowest BCUT2D eigenvalue weighted by Crippen LogP contribution is -2.34. The number of aliphatic carboxylic acids is 1. The van der Waals surface area contributed by atoms with Crippen LogP contribution in [0.4, 0.5) is 0 Å². The highest BCUT2D eigenvalue weighted by Gasteiger charge is 2.13. The molecule has 0 aromatic heterocycles. The van der Waals surface area contributed by atoms with E-state index in [0.29, 0.717) is 25.4 Å². The number of rotatable bonds is 9. The smallest absolute Gasteiger partial charge is 0.317 e. The first-order valence-corrected chi connectivity index (χ1v) is 7.73. The summed E-state index contributed by atoms with van der Waals surface area (Å²) in [6.45, 7) is 6.82. The van der Waals surface area contributed by atoms with E-state index in [9.17, 15) is 13.2 Å². The van der Waals surface area contributed by atoms with E-state index >= 15 is 0 Å².